The molecule has 0 aliphatic carbocycles. The lowest BCUT2D eigenvalue weighted by Crippen LogP contribution is -2.52. The van der Waals surface area contributed by atoms with E-state index in [9.17, 15) is 0 Å². The quantitative estimate of drug-likeness (QED) is 0.112. The first-order valence-corrected chi connectivity index (χ1v) is 26.5. The van der Waals surface area contributed by atoms with Gasteiger partial charge in [-0.2, -0.15) is 0 Å². The van der Waals surface area contributed by atoms with Crippen molar-refractivity contribution in [2.45, 2.75) is 26.2 Å². The Morgan fingerprint density at radius 2 is 0.621 bits per heavy atom. The molecule has 10 aromatic carbocycles. The van der Waals surface area contributed by atoms with Crippen molar-refractivity contribution in [2.24, 2.45) is 0 Å². The van der Waals surface area contributed by atoms with Gasteiger partial charge in [0.15, 0.2) is 0 Å². The summed E-state index contributed by atoms with van der Waals surface area (Å²) >= 11 is 0. The highest BCUT2D eigenvalue weighted by molar-refractivity contribution is 7.01. The molecule has 0 atom stereocenters. The highest BCUT2D eigenvalue weighted by Crippen LogP contribution is 2.44. The molecule has 0 aliphatic rings. The van der Waals surface area contributed by atoms with E-state index in [0.29, 0.717) is 0 Å². The summed E-state index contributed by atoms with van der Waals surface area (Å²) in [6, 6.07) is 77.7. The third kappa shape index (κ3) is 6.21. The molecule has 278 valence electrons. The van der Waals surface area contributed by atoms with Gasteiger partial charge in [0.05, 0.1) is 0 Å². The zero-order valence-electron chi connectivity index (χ0n) is 33.6. The minimum atomic E-state index is -1.96. The number of hydrogen-bond donors (Lipinski definition) is 0. The fraction of sp³-hybridized carbons (Fsp3) is 0.0714. The molecule has 0 nitrogen and oxygen atoms in total. The van der Waals surface area contributed by atoms with Crippen LogP contribution in [0.5, 0.6) is 0 Å². The van der Waals surface area contributed by atoms with Crippen LogP contribution in [0.25, 0.3) is 76.5 Å². The molecule has 0 N–H and O–H groups in total. The molecular formula is C56H46Si2. The van der Waals surface area contributed by atoms with E-state index in [1.807, 2.05) is 0 Å². The molecule has 0 aromatic heterocycles. The van der Waals surface area contributed by atoms with Crippen LogP contribution in [0.3, 0.4) is 0 Å². The van der Waals surface area contributed by atoms with Crippen molar-refractivity contribution >= 4 is 80.0 Å². The van der Waals surface area contributed by atoms with Crippen LogP contribution in [-0.4, -0.2) is 16.1 Å². The Labute approximate surface area is 344 Å². The van der Waals surface area contributed by atoms with Crippen LogP contribution < -0.4 is 20.7 Å². The van der Waals surface area contributed by atoms with Crippen LogP contribution in [0.4, 0.5) is 0 Å². The van der Waals surface area contributed by atoms with Gasteiger partial charge in [-0.3, -0.25) is 0 Å². The molecule has 58 heavy (non-hydrogen) atoms. The SMILES string of the molecule is C[Si](C)(c1ccc(-c2c3ccccc3c(-c3ccc([Si](C)(C)c4ccc5ccccc5c4)cc3)c3cc(-c4ccccc4)ccc23)cc1)c1ccc2ccccc2c1. The molecule has 2 heteroatoms. The third-order valence-electron chi connectivity index (χ3n) is 12.9. The van der Waals surface area contributed by atoms with Gasteiger partial charge < -0.3 is 0 Å². The number of rotatable bonds is 7. The van der Waals surface area contributed by atoms with Crippen molar-refractivity contribution in [1.82, 2.24) is 0 Å². The van der Waals surface area contributed by atoms with Gasteiger partial charge >= 0.3 is 0 Å². The van der Waals surface area contributed by atoms with E-state index in [1.165, 1.54) is 97.2 Å². The third-order valence-corrected chi connectivity index (χ3v) is 19.9. The average molecular weight is 775 g/mol. The lowest BCUT2D eigenvalue weighted by Gasteiger charge is -2.25. The van der Waals surface area contributed by atoms with Crippen molar-refractivity contribution < 1.29 is 0 Å². The summed E-state index contributed by atoms with van der Waals surface area (Å²) in [5, 5.41) is 16.2. The normalized spacial score (nSPS) is 12.1. The monoisotopic (exact) mass is 774 g/mol. The first-order chi connectivity index (χ1) is 28.3. The lowest BCUT2D eigenvalue weighted by atomic mass is 9.85. The highest BCUT2D eigenvalue weighted by atomic mass is 28.3. The summed E-state index contributed by atoms with van der Waals surface area (Å²) in [5.41, 5.74) is 7.57. The van der Waals surface area contributed by atoms with Gasteiger partial charge in [-0.1, -0.05) is 247 Å². The first-order valence-electron chi connectivity index (χ1n) is 20.5. The Morgan fingerprint density at radius 1 is 0.241 bits per heavy atom. The molecule has 0 aliphatic heterocycles. The minimum absolute atomic E-state index is 1.23. The van der Waals surface area contributed by atoms with Crippen molar-refractivity contribution in [1.29, 1.82) is 0 Å². The molecule has 0 amide bonds. The van der Waals surface area contributed by atoms with Crippen LogP contribution in [0.15, 0.2) is 206 Å². The van der Waals surface area contributed by atoms with Gasteiger partial charge in [-0.05, 0) is 82.5 Å². The van der Waals surface area contributed by atoms with E-state index < -0.39 is 16.1 Å². The molecular weight excluding hydrogens is 729 g/mol. The van der Waals surface area contributed by atoms with Gasteiger partial charge in [0, 0.05) is 0 Å². The van der Waals surface area contributed by atoms with Gasteiger partial charge in [0.25, 0.3) is 0 Å². The van der Waals surface area contributed by atoms with Crippen molar-refractivity contribution in [3.05, 3.63) is 206 Å². The molecule has 0 unspecified atom stereocenters. The van der Waals surface area contributed by atoms with Gasteiger partial charge in [0.1, 0.15) is 16.1 Å². The van der Waals surface area contributed by atoms with Gasteiger partial charge in [0.2, 0.25) is 0 Å². The molecule has 0 spiro atoms. The fourth-order valence-corrected chi connectivity index (χ4v) is 13.9. The molecule has 10 aromatic rings. The molecule has 0 bridgehead atoms. The topological polar surface area (TPSA) is 0 Å². The first kappa shape index (κ1) is 36.0. The average Bonchev–Trinajstić information content (AvgIpc) is 3.28. The second-order valence-corrected chi connectivity index (χ2v) is 25.8. The molecule has 0 heterocycles. The second-order valence-electron chi connectivity index (χ2n) is 17.0. The fourth-order valence-electron chi connectivity index (χ4n) is 9.21. The van der Waals surface area contributed by atoms with Crippen LogP contribution in [0.2, 0.25) is 26.2 Å². The van der Waals surface area contributed by atoms with Gasteiger partial charge in [-0.25, -0.2) is 0 Å². The smallest absolute Gasteiger partial charge is 0.0622 e. The Morgan fingerprint density at radius 3 is 1.12 bits per heavy atom. The van der Waals surface area contributed by atoms with E-state index in [1.54, 1.807) is 0 Å². The van der Waals surface area contributed by atoms with Crippen molar-refractivity contribution in [3.8, 4) is 33.4 Å². The predicted molar refractivity (Wildman–Crippen MR) is 259 cm³/mol. The Bertz CT molecular complexity index is 3140. The summed E-state index contributed by atoms with van der Waals surface area (Å²) in [5.74, 6) is 0. The van der Waals surface area contributed by atoms with Gasteiger partial charge in [-0.15, -0.1) is 0 Å². The number of benzene rings is 10. The van der Waals surface area contributed by atoms with Crippen molar-refractivity contribution in [2.75, 3.05) is 0 Å². The number of fused-ring (bicyclic) bond motifs is 4. The highest BCUT2D eigenvalue weighted by Gasteiger charge is 2.28. The molecule has 0 radical (unpaired) electrons. The van der Waals surface area contributed by atoms with E-state index >= 15 is 0 Å². The number of hydrogen-bond acceptors (Lipinski definition) is 0. The van der Waals surface area contributed by atoms with E-state index in [-0.39, 0.29) is 0 Å². The second kappa shape index (κ2) is 14.2. The van der Waals surface area contributed by atoms with E-state index in [0.717, 1.165) is 0 Å². The van der Waals surface area contributed by atoms with Crippen LogP contribution in [0, 0.1) is 0 Å². The maximum Gasteiger partial charge on any atom is 0.112 e. The predicted octanol–water partition coefficient (Wildman–Crippen LogP) is 12.9. The lowest BCUT2D eigenvalue weighted by molar-refractivity contribution is 1.63. The molecule has 10 rings (SSSR count). The Balaban J connectivity index is 1.11. The molecule has 0 saturated carbocycles. The summed E-state index contributed by atoms with van der Waals surface area (Å²) in [6.07, 6.45) is 0. The largest absolute Gasteiger partial charge is 0.112 e. The minimum Gasteiger partial charge on any atom is -0.0622 e. The zero-order chi connectivity index (χ0) is 39.4. The van der Waals surface area contributed by atoms with Crippen LogP contribution in [-0.2, 0) is 0 Å². The summed E-state index contributed by atoms with van der Waals surface area (Å²) in [7, 11) is -3.91. The van der Waals surface area contributed by atoms with Crippen LogP contribution in [0.1, 0.15) is 0 Å². The zero-order valence-corrected chi connectivity index (χ0v) is 35.6. The maximum absolute atomic E-state index is 2.48. The van der Waals surface area contributed by atoms with E-state index in [4.69, 9.17) is 0 Å². The summed E-state index contributed by atoms with van der Waals surface area (Å²) in [4.78, 5) is 0. The molecule has 0 saturated heterocycles. The Kier molecular flexibility index (Phi) is 8.86. The standard InChI is InChI=1S/C56H46Si2/c1-57(2,49-33-22-40-16-8-10-18-44(40)36-49)47-29-24-42(25-30-47)55-51-20-12-13-21-52(51)56(54-38-46(28-35-53(54)55)39-14-6-5-7-15-39)43-26-31-48(32-27-43)58(3,4)50-34-23-41-17-9-11-19-45(41)37-50/h5-38H,1-4H3. The summed E-state index contributed by atoms with van der Waals surface area (Å²) in [6.45, 7) is 9.92. The van der Waals surface area contributed by atoms with E-state index in [2.05, 4.69) is 232 Å². The summed E-state index contributed by atoms with van der Waals surface area (Å²) < 4.78 is 0. The molecule has 0 fully saturated rings. The Hall–Kier alpha value is -6.33. The maximum atomic E-state index is 2.48. The van der Waals surface area contributed by atoms with Crippen molar-refractivity contribution in [3.63, 3.8) is 0 Å². The van der Waals surface area contributed by atoms with Crippen LogP contribution >= 0.6 is 0 Å².